The van der Waals surface area contributed by atoms with Gasteiger partial charge in [0.1, 0.15) is 5.76 Å². The third kappa shape index (κ3) is 6.03. The van der Waals surface area contributed by atoms with E-state index < -0.39 is 0 Å². The van der Waals surface area contributed by atoms with Crippen LogP contribution in [0.4, 0.5) is 0 Å². The second-order valence-corrected chi connectivity index (χ2v) is 6.88. The predicted molar refractivity (Wildman–Crippen MR) is 103 cm³/mol. The standard InChI is InChI=1S/C19H35N5O/c1-5-17-16(18(6-2)25-23-17)14-22-19(20-7-3)21-10-13-24-11-8-15(4)9-12-24/h15H,5-14H2,1-4H3,(H2,20,21,22). The monoisotopic (exact) mass is 349 g/mol. The van der Waals surface area contributed by atoms with Gasteiger partial charge >= 0.3 is 0 Å². The first-order chi connectivity index (χ1) is 12.2. The normalized spacial score (nSPS) is 17.0. The van der Waals surface area contributed by atoms with E-state index in [1.54, 1.807) is 0 Å². The highest BCUT2D eigenvalue weighted by Gasteiger charge is 2.15. The maximum Gasteiger partial charge on any atom is 0.191 e. The molecule has 0 spiro atoms. The summed E-state index contributed by atoms with van der Waals surface area (Å²) in [5, 5.41) is 11.0. The molecule has 0 aliphatic carbocycles. The number of aromatic nitrogens is 1. The van der Waals surface area contributed by atoms with Crippen LogP contribution in [0.25, 0.3) is 0 Å². The number of nitrogens with zero attached hydrogens (tertiary/aromatic N) is 3. The maximum atomic E-state index is 5.43. The highest BCUT2D eigenvalue weighted by Crippen LogP contribution is 2.17. The Bertz CT molecular complexity index is 510. The molecule has 2 N–H and O–H groups in total. The summed E-state index contributed by atoms with van der Waals surface area (Å²) in [6, 6.07) is 0. The average Bonchev–Trinajstić information content (AvgIpc) is 3.03. The SMILES string of the molecule is CCNC(=NCc1c(CC)noc1CC)NCCN1CCC(C)CC1. The molecule has 1 aliphatic rings. The van der Waals surface area contributed by atoms with E-state index in [4.69, 9.17) is 9.52 Å². The van der Waals surface area contributed by atoms with Crippen molar-refractivity contribution in [3.63, 3.8) is 0 Å². The molecule has 1 aliphatic heterocycles. The van der Waals surface area contributed by atoms with Crippen molar-refractivity contribution < 1.29 is 4.52 Å². The fourth-order valence-electron chi connectivity index (χ4n) is 3.23. The molecule has 6 nitrogen and oxygen atoms in total. The lowest BCUT2D eigenvalue weighted by atomic mass is 9.99. The van der Waals surface area contributed by atoms with Gasteiger partial charge in [-0.05, 0) is 45.2 Å². The molecule has 0 atom stereocenters. The predicted octanol–water partition coefficient (Wildman–Crippen LogP) is 2.59. The molecule has 25 heavy (non-hydrogen) atoms. The number of hydrogen-bond donors (Lipinski definition) is 2. The Morgan fingerprint density at radius 3 is 2.60 bits per heavy atom. The van der Waals surface area contributed by atoms with Crippen LogP contribution in [0, 0.1) is 5.92 Å². The minimum Gasteiger partial charge on any atom is -0.361 e. The zero-order valence-corrected chi connectivity index (χ0v) is 16.4. The Labute approximate surface area is 152 Å². The Hall–Kier alpha value is -1.56. The molecule has 1 aromatic rings. The molecule has 0 bridgehead atoms. The van der Waals surface area contributed by atoms with Crippen molar-refractivity contribution in [3.05, 3.63) is 17.0 Å². The number of guanidine groups is 1. The van der Waals surface area contributed by atoms with Gasteiger partial charge in [-0.25, -0.2) is 4.99 Å². The van der Waals surface area contributed by atoms with E-state index in [1.807, 2.05) is 0 Å². The molecule has 6 heteroatoms. The topological polar surface area (TPSA) is 65.7 Å². The summed E-state index contributed by atoms with van der Waals surface area (Å²) in [6.45, 7) is 14.6. The minimum absolute atomic E-state index is 0.617. The molecule has 1 aromatic heterocycles. The second-order valence-electron chi connectivity index (χ2n) is 6.88. The minimum atomic E-state index is 0.617. The zero-order chi connectivity index (χ0) is 18.1. The summed E-state index contributed by atoms with van der Waals surface area (Å²) in [4.78, 5) is 7.29. The van der Waals surface area contributed by atoms with E-state index in [0.29, 0.717) is 6.54 Å². The smallest absolute Gasteiger partial charge is 0.191 e. The van der Waals surface area contributed by atoms with E-state index in [9.17, 15) is 0 Å². The first-order valence-corrected chi connectivity index (χ1v) is 9.88. The summed E-state index contributed by atoms with van der Waals surface area (Å²) < 4.78 is 5.43. The van der Waals surface area contributed by atoms with Crippen molar-refractivity contribution in [1.82, 2.24) is 20.7 Å². The number of likely N-dealkylation sites (tertiary alicyclic amines) is 1. The number of piperidine rings is 1. The van der Waals surface area contributed by atoms with Crippen molar-refractivity contribution in [1.29, 1.82) is 0 Å². The number of hydrogen-bond acceptors (Lipinski definition) is 4. The number of aliphatic imine (C=N–C) groups is 1. The summed E-state index contributed by atoms with van der Waals surface area (Å²) in [5.74, 6) is 2.71. The number of rotatable bonds is 8. The van der Waals surface area contributed by atoms with Crippen molar-refractivity contribution in [3.8, 4) is 0 Å². The molecule has 1 fully saturated rings. The Morgan fingerprint density at radius 1 is 1.20 bits per heavy atom. The van der Waals surface area contributed by atoms with Gasteiger partial charge in [-0.15, -0.1) is 0 Å². The summed E-state index contributed by atoms with van der Waals surface area (Å²) in [5.41, 5.74) is 2.17. The van der Waals surface area contributed by atoms with Gasteiger partial charge in [0, 0.05) is 31.6 Å². The van der Waals surface area contributed by atoms with E-state index >= 15 is 0 Å². The fourth-order valence-corrected chi connectivity index (χ4v) is 3.23. The van der Waals surface area contributed by atoms with Crippen molar-refractivity contribution in [2.45, 2.75) is 59.9 Å². The molecule has 142 valence electrons. The molecule has 1 saturated heterocycles. The van der Waals surface area contributed by atoms with E-state index in [0.717, 1.165) is 61.4 Å². The quantitative estimate of drug-likeness (QED) is 0.558. The number of nitrogens with one attached hydrogen (secondary N) is 2. The van der Waals surface area contributed by atoms with Gasteiger partial charge in [0.25, 0.3) is 0 Å². The van der Waals surface area contributed by atoms with E-state index in [1.165, 1.54) is 25.9 Å². The van der Waals surface area contributed by atoms with Gasteiger partial charge in [0.15, 0.2) is 5.96 Å². The van der Waals surface area contributed by atoms with Gasteiger partial charge < -0.3 is 20.1 Å². The molecule has 0 unspecified atom stereocenters. The highest BCUT2D eigenvalue weighted by atomic mass is 16.5. The Balaban J connectivity index is 1.87. The first kappa shape index (κ1) is 19.8. The molecule has 0 radical (unpaired) electrons. The van der Waals surface area contributed by atoms with Crippen LogP contribution in [0.3, 0.4) is 0 Å². The van der Waals surface area contributed by atoms with Crippen LogP contribution in [0.2, 0.25) is 0 Å². The lowest BCUT2D eigenvalue weighted by Crippen LogP contribution is -2.43. The van der Waals surface area contributed by atoms with Crippen LogP contribution >= 0.6 is 0 Å². The number of aryl methyl sites for hydroxylation is 2. The molecule has 2 rings (SSSR count). The summed E-state index contributed by atoms with van der Waals surface area (Å²) in [6.07, 6.45) is 4.38. The van der Waals surface area contributed by atoms with Gasteiger partial charge in [-0.3, -0.25) is 0 Å². The van der Waals surface area contributed by atoms with Crippen LogP contribution in [0.15, 0.2) is 9.52 Å². The zero-order valence-electron chi connectivity index (χ0n) is 16.4. The third-order valence-electron chi connectivity index (χ3n) is 4.94. The lowest BCUT2D eigenvalue weighted by Gasteiger charge is -2.30. The van der Waals surface area contributed by atoms with E-state index in [-0.39, 0.29) is 0 Å². The summed E-state index contributed by atoms with van der Waals surface area (Å²) in [7, 11) is 0. The van der Waals surface area contributed by atoms with Crippen LogP contribution in [-0.4, -0.2) is 48.7 Å². The maximum absolute atomic E-state index is 5.43. The highest BCUT2D eigenvalue weighted by molar-refractivity contribution is 5.79. The molecule has 2 heterocycles. The van der Waals surface area contributed by atoms with E-state index in [2.05, 4.69) is 48.4 Å². The average molecular weight is 350 g/mol. The van der Waals surface area contributed by atoms with Gasteiger partial charge in [-0.1, -0.05) is 25.9 Å². The third-order valence-corrected chi connectivity index (χ3v) is 4.94. The molecular weight excluding hydrogens is 314 g/mol. The van der Waals surface area contributed by atoms with Gasteiger partial charge in [0.2, 0.25) is 0 Å². The first-order valence-electron chi connectivity index (χ1n) is 9.88. The summed E-state index contributed by atoms with van der Waals surface area (Å²) >= 11 is 0. The Kier molecular flexibility index (Phi) is 8.25. The fraction of sp³-hybridized carbons (Fsp3) is 0.789. The van der Waals surface area contributed by atoms with Crippen LogP contribution < -0.4 is 10.6 Å². The molecule has 0 aromatic carbocycles. The lowest BCUT2D eigenvalue weighted by molar-refractivity contribution is 0.195. The van der Waals surface area contributed by atoms with Crippen LogP contribution in [-0.2, 0) is 19.4 Å². The Morgan fingerprint density at radius 2 is 1.96 bits per heavy atom. The molecule has 0 amide bonds. The van der Waals surface area contributed by atoms with Crippen molar-refractivity contribution in [2.24, 2.45) is 10.9 Å². The van der Waals surface area contributed by atoms with Gasteiger partial charge in [-0.2, -0.15) is 0 Å². The van der Waals surface area contributed by atoms with Crippen LogP contribution in [0.5, 0.6) is 0 Å². The van der Waals surface area contributed by atoms with Crippen molar-refractivity contribution in [2.75, 3.05) is 32.7 Å². The second kappa shape index (κ2) is 10.4. The van der Waals surface area contributed by atoms with Gasteiger partial charge in [0.05, 0.1) is 12.2 Å². The van der Waals surface area contributed by atoms with Crippen molar-refractivity contribution >= 4 is 5.96 Å². The largest absolute Gasteiger partial charge is 0.361 e. The van der Waals surface area contributed by atoms with Crippen LogP contribution in [0.1, 0.15) is 57.6 Å². The molecular formula is C19H35N5O. The molecule has 0 saturated carbocycles.